The van der Waals surface area contributed by atoms with E-state index in [0.717, 1.165) is 12.8 Å². The molecule has 9 heteroatoms. The van der Waals surface area contributed by atoms with Crippen LogP contribution in [0.3, 0.4) is 0 Å². The number of hydrogen-bond donors (Lipinski definition) is 0. The average molecular weight is 451 g/mol. The Morgan fingerprint density at radius 3 is 1.41 bits per heavy atom. The van der Waals surface area contributed by atoms with Gasteiger partial charge in [0.2, 0.25) is 0 Å². The number of carbonyl (C=O) groups excluding carboxylic acids is 2. The molecule has 0 atom stereocenters. The van der Waals surface area contributed by atoms with Gasteiger partial charge in [-0.3, -0.25) is 0 Å². The molecular weight excluding hydrogens is 417 g/mol. The van der Waals surface area contributed by atoms with Crippen LogP contribution < -0.4 is 0 Å². The summed E-state index contributed by atoms with van der Waals surface area (Å²) in [5.74, 6) is 0.122. The van der Waals surface area contributed by atoms with Crippen molar-refractivity contribution in [1.82, 2.24) is 0 Å². The molecule has 0 amide bonds. The quantitative estimate of drug-likeness (QED) is 0.132. The zero-order chi connectivity index (χ0) is 20.7. The summed E-state index contributed by atoms with van der Waals surface area (Å²) in [4.78, 5) is 19.4. The molecule has 0 aromatic heterocycles. The summed E-state index contributed by atoms with van der Waals surface area (Å²) in [5, 5.41) is 0. The summed E-state index contributed by atoms with van der Waals surface area (Å²) < 4.78 is 33.6. The number of rotatable bonds is 14. The van der Waals surface area contributed by atoms with E-state index in [-0.39, 0.29) is 11.9 Å². The first-order chi connectivity index (χ1) is 12.8. The molecule has 0 fully saturated rings. The van der Waals surface area contributed by atoms with Crippen LogP contribution in [0.2, 0.25) is 0 Å². The van der Waals surface area contributed by atoms with Gasteiger partial charge in [-0.25, -0.2) is 0 Å². The standard InChI is InChI=1S/C18H32GeO8/c1-7-11-24-19(25-12-8-2,26-15(5)13-17(20)22-9-3)27-16(6)14-18(21)23-10-4/h13-14H,7-12H2,1-6H3/p+2. The predicted molar refractivity (Wildman–Crippen MR) is 105 cm³/mol. The molecule has 0 unspecified atom stereocenters. The van der Waals surface area contributed by atoms with Crippen LogP contribution in [-0.4, -0.2) is 62.6 Å². The van der Waals surface area contributed by atoms with Crippen molar-refractivity contribution in [1.29, 1.82) is 0 Å². The summed E-state index contributed by atoms with van der Waals surface area (Å²) in [6.07, 6.45) is 4.15. The molecule has 0 aromatic carbocycles. The molecule has 0 aromatic rings. The molecule has 27 heavy (non-hydrogen) atoms. The van der Waals surface area contributed by atoms with E-state index in [0.29, 0.717) is 37.9 Å². The van der Waals surface area contributed by atoms with Crippen LogP contribution in [0.4, 0.5) is 0 Å². The summed E-state index contributed by atoms with van der Waals surface area (Å²) in [6.45, 7) is 12.1. The molecule has 0 aliphatic carbocycles. The molecular formula is C18H34GeO8+2. The van der Waals surface area contributed by atoms with Crippen molar-refractivity contribution in [3.8, 4) is 0 Å². The average Bonchev–Trinajstić information content (AvgIpc) is 2.58. The van der Waals surface area contributed by atoms with Crippen LogP contribution in [0.25, 0.3) is 0 Å². The molecule has 0 bridgehead atoms. The number of hydrogen-bond acceptors (Lipinski definition) is 6. The Labute approximate surface area is 165 Å². The summed E-state index contributed by atoms with van der Waals surface area (Å²) >= 11 is -4.25. The van der Waals surface area contributed by atoms with Gasteiger partial charge in [-0.1, -0.05) is 0 Å². The van der Waals surface area contributed by atoms with Gasteiger partial charge >= 0.3 is 165 Å². The normalized spacial score (nSPS) is 12.5. The third-order valence-corrected chi connectivity index (χ3v) is 7.52. The number of esters is 2. The Morgan fingerprint density at radius 2 is 1.11 bits per heavy atom. The molecule has 0 aliphatic rings. The first-order valence-electron chi connectivity index (χ1n) is 9.22. The van der Waals surface area contributed by atoms with Crippen LogP contribution in [0.1, 0.15) is 54.4 Å². The van der Waals surface area contributed by atoms with E-state index in [9.17, 15) is 9.59 Å². The third kappa shape index (κ3) is 11.7. The molecule has 156 valence electrons. The van der Waals surface area contributed by atoms with E-state index in [1.54, 1.807) is 27.7 Å². The van der Waals surface area contributed by atoms with Crippen LogP contribution >= 0.6 is 0 Å². The van der Waals surface area contributed by atoms with Crippen molar-refractivity contribution < 1.29 is 34.1 Å². The van der Waals surface area contributed by atoms with Crippen LogP contribution in [-0.2, 0) is 24.5 Å². The van der Waals surface area contributed by atoms with Gasteiger partial charge in [-0.05, 0) is 0 Å². The molecule has 0 heterocycles. The topological polar surface area (TPSA) is 98.2 Å². The molecule has 0 radical (unpaired) electrons. The second-order valence-corrected chi connectivity index (χ2v) is 9.62. The first kappa shape index (κ1) is 25.5. The van der Waals surface area contributed by atoms with E-state index < -0.39 is 14.6 Å². The van der Waals surface area contributed by atoms with Crippen LogP contribution in [0, 0.1) is 0 Å². The fourth-order valence-corrected chi connectivity index (χ4v) is 6.38. The SMILES string of the molecule is CCC[O][Ge]([O]CCC)([O]C(C)=CC(=[OH+])OCC)[O]C(C)=CC(=[OH+])OCC. The van der Waals surface area contributed by atoms with Crippen LogP contribution in [0.15, 0.2) is 23.7 Å². The number of allylic oxidation sites excluding steroid dienone is 2. The van der Waals surface area contributed by atoms with Gasteiger partial charge in [0, 0.05) is 0 Å². The van der Waals surface area contributed by atoms with Crippen molar-refractivity contribution >= 4 is 26.6 Å². The summed E-state index contributed by atoms with van der Waals surface area (Å²) in [6, 6.07) is 0. The van der Waals surface area contributed by atoms with Gasteiger partial charge in [0.1, 0.15) is 0 Å². The van der Waals surface area contributed by atoms with E-state index in [1.807, 2.05) is 13.8 Å². The molecule has 0 rings (SSSR count). The van der Waals surface area contributed by atoms with E-state index >= 15 is 0 Å². The van der Waals surface area contributed by atoms with Gasteiger partial charge in [0.05, 0.1) is 0 Å². The molecule has 0 aliphatic heterocycles. The number of ether oxygens (including phenoxy) is 2. The Bertz CT molecular complexity index is 469. The summed E-state index contributed by atoms with van der Waals surface area (Å²) in [7, 11) is 0. The maximum atomic E-state index is 9.70. The fraction of sp³-hybridized carbons (Fsp3) is 0.667. The maximum absolute atomic E-state index is 9.70. The fourth-order valence-electron chi connectivity index (χ4n) is 1.81. The van der Waals surface area contributed by atoms with Gasteiger partial charge in [0.15, 0.2) is 0 Å². The molecule has 0 saturated carbocycles. The van der Waals surface area contributed by atoms with Crippen molar-refractivity contribution in [2.24, 2.45) is 0 Å². The third-order valence-electron chi connectivity index (χ3n) is 2.78. The predicted octanol–water partition coefficient (Wildman–Crippen LogP) is 3.19. The minimum atomic E-state index is -4.25. The molecule has 2 N–H and O–H groups in total. The molecule has 0 spiro atoms. The van der Waals surface area contributed by atoms with Crippen molar-refractivity contribution in [2.75, 3.05) is 26.4 Å². The van der Waals surface area contributed by atoms with E-state index in [1.165, 1.54) is 12.2 Å². The first-order valence-corrected chi connectivity index (χ1v) is 12.6. The minimum absolute atomic E-state index is 0.271. The van der Waals surface area contributed by atoms with Crippen molar-refractivity contribution in [3.05, 3.63) is 23.7 Å². The zero-order valence-electron chi connectivity index (χ0n) is 17.2. The molecule has 8 nitrogen and oxygen atoms in total. The van der Waals surface area contributed by atoms with Crippen molar-refractivity contribution in [2.45, 2.75) is 54.4 Å². The van der Waals surface area contributed by atoms with Gasteiger partial charge < -0.3 is 0 Å². The van der Waals surface area contributed by atoms with Gasteiger partial charge in [-0.2, -0.15) is 0 Å². The summed E-state index contributed by atoms with van der Waals surface area (Å²) in [5.41, 5.74) is 0. The second kappa shape index (κ2) is 14.5. The van der Waals surface area contributed by atoms with Gasteiger partial charge in [0.25, 0.3) is 0 Å². The Kier molecular flexibility index (Phi) is 13.7. The van der Waals surface area contributed by atoms with E-state index in [2.05, 4.69) is 0 Å². The Balaban J connectivity index is 5.53. The Hall–Kier alpha value is -1.52. The van der Waals surface area contributed by atoms with Crippen molar-refractivity contribution in [3.63, 3.8) is 0 Å². The van der Waals surface area contributed by atoms with E-state index in [4.69, 9.17) is 24.5 Å². The second-order valence-electron chi connectivity index (χ2n) is 5.45. The van der Waals surface area contributed by atoms with Gasteiger partial charge in [-0.15, -0.1) is 0 Å². The molecule has 0 saturated heterocycles. The monoisotopic (exact) mass is 452 g/mol. The zero-order valence-corrected chi connectivity index (χ0v) is 19.3. The van der Waals surface area contributed by atoms with Crippen LogP contribution in [0.5, 0.6) is 0 Å². The Morgan fingerprint density at radius 1 is 0.741 bits per heavy atom.